The quantitative estimate of drug-likeness (QED) is 0.688. The van der Waals surface area contributed by atoms with Crippen molar-refractivity contribution in [1.82, 2.24) is 0 Å². The lowest BCUT2D eigenvalue weighted by molar-refractivity contribution is 0.351. The van der Waals surface area contributed by atoms with Crippen LogP contribution in [0, 0.1) is 27.7 Å². The Morgan fingerprint density at radius 1 is 0.842 bits per heavy atom. The second kappa shape index (κ2) is 5.70. The zero-order chi connectivity index (χ0) is 14.0. The minimum Gasteiger partial charge on any atom is -0.290 e. The Morgan fingerprint density at radius 3 is 2.26 bits per heavy atom. The third-order valence-electron chi connectivity index (χ3n) is 3.44. The Bertz CT molecular complexity index is 602. The van der Waals surface area contributed by atoms with E-state index in [1.54, 1.807) is 17.8 Å². The second-order valence-electron chi connectivity index (χ2n) is 5.09. The van der Waals surface area contributed by atoms with Gasteiger partial charge in [0.05, 0.1) is 0 Å². The van der Waals surface area contributed by atoms with E-state index < -0.39 is 0 Å². The lowest BCUT2D eigenvalue weighted by Crippen LogP contribution is -1.87. The maximum absolute atomic E-state index is 11.5. The summed E-state index contributed by atoms with van der Waals surface area (Å²) >= 11 is 1.80. The monoisotopic (exact) mass is 271 g/mol. The van der Waals surface area contributed by atoms with Gasteiger partial charge in [-0.2, -0.15) is 0 Å². The van der Waals surface area contributed by atoms with Crippen molar-refractivity contribution in [1.29, 1.82) is 0 Å². The van der Waals surface area contributed by atoms with Crippen LogP contribution in [0.2, 0.25) is 0 Å². The first-order valence-corrected chi connectivity index (χ1v) is 7.43. The highest BCUT2D eigenvalue weighted by molar-refractivity contribution is 7.98. The molecule has 0 N–H and O–H groups in total. The van der Waals surface area contributed by atoms with Gasteiger partial charge in [0.1, 0.15) is 0 Å². The highest BCUT2D eigenvalue weighted by atomic mass is 32.2. The van der Waals surface area contributed by atoms with Crippen LogP contribution in [0.5, 0.6) is 5.75 Å². The van der Waals surface area contributed by atoms with Crippen LogP contribution >= 0.6 is 11.8 Å². The summed E-state index contributed by atoms with van der Waals surface area (Å²) in [5, 5.41) is 11.5. The van der Waals surface area contributed by atoms with Crippen molar-refractivity contribution in [3.63, 3.8) is 0 Å². The third kappa shape index (κ3) is 3.32. The Labute approximate surface area is 119 Å². The molecule has 1 nitrogen and oxygen atoms in total. The molecule has 0 saturated heterocycles. The van der Waals surface area contributed by atoms with Gasteiger partial charge >= 0.3 is 0 Å². The molecule has 0 saturated carbocycles. The van der Waals surface area contributed by atoms with Crippen LogP contribution in [0.25, 0.3) is 0 Å². The summed E-state index contributed by atoms with van der Waals surface area (Å²) in [4.78, 5) is 1.20. The molecule has 99 valence electrons. The minimum absolute atomic E-state index is 0.132. The molecular formula is C17H19OS. The van der Waals surface area contributed by atoms with E-state index in [1.807, 2.05) is 19.9 Å². The predicted octanol–water partition coefficient (Wildman–Crippen LogP) is 5.36. The zero-order valence-electron chi connectivity index (χ0n) is 11.9. The number of hydrogen-bond donors (Lipinski definition) is 0. The molecular weight excluding hydrogens is 252 g/mol. The van der Waals surface area contributed by atoms with E-state index in [-0.39, 0.29) is 5.75 Å². The molecule has 2 heteroatoms. The van der Waals surface area contributed by atoms with E-state index >= 15 is 0 Å². The first kappa shape index (κ1) is 14.0. The molecule has 2 rings (SSSR count). The molecule has 0 bridgehead atoms. The summed E-state index contributed by atoms with van der Waals surface area (Å²) in [6.07, 6.45) is 0. The average Bonchev–Trinajstić information content (AvgIpc) is 2.36. The fraction of sp³-hybridized carbons (Fsp3) is 0.294. The van der Waals surface area contributed by atoms with E-state index in [2.05, 4.69) is 32.0 Å². The van der Waals surface area contributed by atoms with Crippen molar-refractivity contribution in [3.8, 4) is 5.75 Å². The second-order valence-corrected chi connectivity index (χ2v) is 6.11. The van der Waals surface area contributed by atoms with E-state index in [4.69, 9.17) is 0 Å². The summed E-state index contributed by atoms with van der Waals surface area (Å²) in [7, 11) is 0. The molecule has 0 aromatic heterocycles. The van der Waals surface area contributed by atoms with Crippen LogP contribution in [0.4, 0.5) is 0 Å². The minimum atomic E-state index is 0.132. The SMILES string of the molecule is Cc1ccc(CSc2cc(C)c([O])cc2C)cc1C. The summed E-state index contributed by atoms with van der Waals surface area (Å²) in [6.45, 7) is 8.16. The Kier molecular flexibility index (Phi) is 4.20. The fourth-order valence-corrected chi connectivity index (χ4v) is 3.02. The third-order valence-corrected chi connectivity index (χ3v) is 4.67. The van der Waals surface area contributed by atoms with Gasteiger partial charge in [-0.1, -0.05) is 18.2 Å². The summed E-state index contributed by atoms with van der Waals surface area (Å²) in [6, 6.07) is 10.3. The molecule has 0 amide bonds. The van der Waals surface area contributed by atoms with Crippen molar-refractivity contribution >= 4 is 11.8 Å². The number of rotatable bonds is 3. The van der Waals surface area contributed by atoms with Gasteiger partial charge in [0, 0.05) is 10.6 Å². The topological polar surface area (TPSA) is 19.9 Å². The normalized spacial score (nSPS) is 10.7. The van der Waals surface area contributed by atoms with E-state index in [9.17, 15) is 5.11 Å². The number of aryl methyl sites for hydroxylation is 4. The lowest BCUT2D eigenvalue weighted by atomic mass is 10.1. The van der Waals surface area contributed by atoms with Gasteiger partial charge in [0.25, 0.3) is 0 Å². The summed E-state index contributed by atoms with van der Waals surface area (Å²) < 4.78 is 0. The fourth-order valence-electron chi connectivity index (χ4n) is 1.97. The van der Waals surface area contributed by atoms with Gasteiger partial charge in [-0.3, -0.25) is 5.11 Å². The molecule has 2 aromatic carbocycles. The van der Waals surface area contributed by atoms with Crippen LogP contribution in [-0.2, 0) is 10.9 Å². The largest absolute Gasteiger partial charge is 0.290 e. The van der Waals surface area contributed by atoms with Gasteiger partial charge in [0.2, 0.25) is 0 Å². The van der Waals surface area contributed by atoms with Crippen LogP contribution in [0.3, 0.4) is 0 Å². The highest BCUT2D eigenvalue weighted by Crippen LogP contribution is 2.31. The summed E-state index contributed by atoms with van der Waals surface area (Å²) in [5.41, 5.74) is 5.89. The molecule has 0 fully saturated rings. The first-order valence-electron chi connectivity index (χ1n) is 6.44. The van der Waals surface area contributed by atoms with Crippen molar-refractivity contribution in [2.75, 3.05) is 0 Å². The molecule has 0 aliphatic rings. The van der Waals surface area contributed by atoms with Crippen molar-refractivity contribution in [2.24, 2.45) is 0 Å². The number of thioether (sulfide) groups is 1. The Hall–Kier alpha value is -1.41. The molecule has 0 heterocycles. The maximum atomic E-state index is 11.5. The lowest BCUT2D eigenvalue weighted by Gasteiger charge is -2.09. The van der Waals surface area contributed by atoms with Crippen molar-refractivity contribution in [2.45, 2.75) is 38.3 Å². The molecule has 0 atom stereocenters. The average molecular weight is 271 g/mol. The van der Waals surface area contributed by atoms with Gasteiger partial charge in [0.15, 0.2) is 5.75 Å². The predicted molar refractivity (Wildman–Crippen MR) is 81.5 cm³/mol. The van der Waals surface area contributed by atoms with Crippen LogP contribution in [-0.4, -0.2) is 0 Å². The molecule has 0 aliphatic heterocycles. The van der Waals surface area contributed by atoms with Crippen molar-refractivity contribution in [3.05, 3.63) is 58.1 Å². The molecule has 0 spiro atoms. The van der Waals surface area contributed by atoms with Crippen LogP contribution < -0.4 is 0 Å². The van der Waals surface area contributed by atoms with Gasteiger partial charge in [-0.15, -0.1) is 11.8 Å². The van der Waals surface area contributed by atoms with Gasteiger partial charge < -0.3 is 0 Å². The summed E-state index contributed by atoms with van der Waals surface area (Å²) in [5.74, 6) is 1.08. The molecule has 0 aliphatic carbocycles. The van der Waals surface area contributed by atoms with Gasteiger partial charge in [-0.25, -0.2) is 0 Å². The molecule has 19 heavy (non-hydrogen) atoms. The number of hydrogen-bond acceptors (Lipinski definition) is 1. The van der Waals surface area contributed by atoms with E-state index in [1.165, 1.54) is 21.6 Å². The maximum Gasteiger partial charge on any atom is 0.181 e. The van der Waals surface area contributed by atoms with E-state index in [0.717, 1.165) is 16.9 Å². The standard InChI is InChI=1S/C17H19OS/c1-11-5-6-15(7-12(11)2)10-19-17-9-13(3)16(18)8-14(17)4/h5-9H,10H2,1-4H3. The molecule has 1 radical (unpaired) electrons. The molecule has 0 unspecified atom stereocenters. The first-order chi connectivity index (χ1) is 8.97. The molecule has 2 aromatic rings. The smallest absolute Gasteiger partial charge is 0.181 e. The van der Waals surface area contributed by atoms with Crippen LogP contribution in [0.1, 0.15) is 27.8 Å². The van der Waals surface area contributed by atoms with Crippen molar-refractivity contribution < 1.29 is 5.11 Å². The van der Waals surface area contributed by atoms with E-state index in [0.29, 0.717) is 0 Å². The van der Waals surface area contributed by atoms with Crippen LogP contribution in [0.15, 0.2) is 35.2 Å². The highest BCUT2D eigenvalue weighted by Gasteiger charge is 2.06. The Balaban J connectivity index is 2.14. The Morgan fingerprint density at radius 2 is 1.58 bits per heavy atom. The number of benzene rings is 2. The zero-order valence-corrected chi connectivity index (χ0v) is 12.7. The van der Waals surface area contributed by atoms with Gasteiger partial charge in [-0.05, 0) is 67.6 Å².